The van der Waals surface area contributed by atoms with Crippen molar-refractivity contribution in [3.8, 4) is 17.1 Å². The van der Waals surface area contributed by atoms with Gasteiger partial charge in [0, 0.05) is 5.56 Å². The van der Waals surface area contributed by atoms with Crippen LogP contribution < -0.4 is 10.6 Å². The molecule has 1 aromatic heterocycles. The van der Waals surface area contributed by atoms with Gasteiger partial charge in [0.15, 0.2) is 5.11 Å². The summed E-state index contributed by atoms with van der Waals surface area (Å²) in [5, 5.41) is 13.9. The average molecular weight is 314 g/mol. The predicted molar refractivity (Wildman–Crippen MR) is 82.7 cm³/mol. The number of aromatic hydroxyl groups is 1. The number of benzene rings is 1. The number of furan rings is 1. The molecule has 0 saturated carbocycles. The molecule has 0 aliphatic carbocycles. The van der Waals surface area contributed by atoms with E-state index in [1.54, 1.807) is 36.4 Å². The number of nitrogens with one attached hydrogen (secondary N) is 2. The molecule has 1 aromatic carbocycles. The van der Waals surface area contributed by atoms with E-state index in [1.165, 1.54) is 6.08 Å². The summed E-state index contributed by atoms with van der Waals surface area (Å²) in [6.07, 6.45) is 1.34. The van der Waals surface area contributed by atoms with E-state index in [2.05, 4.69) is 10.6 Å². The van der Waals surface area contributed by atoms with Crippen molar-refractivity contribution < 1.29 is 19.1 Å². The molecule has 0 radical (unpaired) electrons. The minimum Gasteiger partial charge on any atom is -0.508 e. The van der Waals surface area contributed by atoms with Crippen molar-refractivity contribution in [2.24, 2.45) is 0 Å². The molecule has 1 aliphatic heterocycles. The maximum Gasteiger partial charge on any atom is 0.263 e. The molecule has 3 rings (SSSR count). The molecule has 6 nitrogen and oxygen atoms in total. The van der Waals surface area contributed by atoms with E-state index in [0.717, 1.165) is 5.56 Å². The standard InChI is InChI=1S/C15H10N2O4S/c18-9-3-1-8(2-4-9)12-6-5-10(21-12)7-11-13(19)16-15(22)17-14(11)20/h1-7,18H,(H2,16,17,19,20,22). The molecule has 0 spiro atoms. The van der Waals surface area contributed by atoms with Crippen molar-refractivity contribution in [3.05, 3.63) is 47.7 Å². The van der Waals surface area contributed by atoms with Crippen LogP contribution in [0.2, 0.25) is 0 Å². The molecule has 2 amide bonds. The molecule has 1 fully saturated rings. The SMILES string of the molecule is O=C1NC(=S)NC(=O)C1=Cc1ccc(-c2ccc(O)cc2)o1. The van der Waals surface area contributed by atoms with Crippen LogP contribution in [0.1, 0.15) is 5.76 Å². The molecule has 1 saturated heterocycles. The zero-order chi connectivity index (χ0) is 15.7. The van der Waals surface area contributed by atoms with Gasteiger partial charge in [-0.05, 0) is 54.7 Å². The first-order chi connectivity index (χ1) is 10.5. The Bertz CT molecular complexity index is 783. The van der Waals surface area contributed by atoms with Gasteiger partial charge in [0.1, 0.15) is 22.8 Å². The number of carbonyl (C=O) groups is 2. The number of rotatable bonds is 2. The Kier molecular flexibility index (Phi) is 3.48. The number of carbonyl (C=O) groups excluding carboxylic acids is 2. The van der Waals surface area contributed by atoms with Crippen LogP contribution in [0.4, 0.5) is 0 Å². The molecular formula is C15H10N2O4S. The number of hydrogen-bond donors (Lipinski definition) is 3. The van der Waals surface area contributed by atoms with E-state index >= 15 is 0 Å². The Morgan fingerprint density at radius 3 is 2.27 bits per heavy atom. The lowest BCUT2D eigenvalue weighted by molar-refractivity contribution is -0.123. The topological polar surface area (TPSA) is 91.6 Å². The second-order valence-electron chi connectivity index (χ2n) is 4.54. The van der Waals surface area contributed by atoms with Gasteiger partial charge in [0.25, 0.3) is 11.8 Å². The Morgan fingerprint density at radius 1 is 1.00 bits per heavy atom. The smallest absolute Gasteiger partial charge is 0.263 e. The highest BCUT2D eigenvalue weighted by molar-refractivity contribution is 7.80. The number of thiocarbonyl (C=S) groups is 1. The molecular weight excluding hydrogens is 304 g/mol. The summed E-state index contributed by atoms with van der Waals surface area (Å²) < 4.78 is 5.58. The summed E-state index contributed by atoms with van der Waals surface area (Å²) in [5.74, 6) is -0.0768. The fourth-order valence-electron chi connectivity index (χ4n) is 1.96. The summed E-state index contributed by atoms with van der Waals surface area (Å²) in [6, 6.07) is 9.83. The Balaban J connectivity index is 1.89. The largest absolute Gasteiger partial charge is 0.508 e. The van der Waals surface area contributed by atoms with Crippen LogP contribution in [0.5, 0.6) is 5.75 Å². The van der Waals surface area contributed by atoms with Crippen LogP contribution in [0.25, 0.3) is 17.4 Å². The summed E-state index contributed by atoms with van der Waals surface area (Å²) in [6.45, 7) is 0. The van der Waals surface area contributed by atoms with E-state index in [9.17, 15) is 14.7 Å². The molecule has 2 heterocycles. The highest BCUT2D eigenvalue weighted by Gasteiger charge is 2.26. The molecule has 0 bridgehead atoms. The molecule has 22 heavy (non-hydrogen) atoms. The lowest BCUT2D eigenvalue weighted by Gasteiger charge is -2.15. The number of amides is 2. The minimum absolute atomic E-state index is 0.0172. The Morgan fingerprint density at radius 2 is 1.64 bits per heavy atom. The van der Waals surface area contributed by atoms with Gasteiger partial charge in [-0.25, -0.2) is 0 Å². The van der Waals surface area contributed by atoms with Crippen molar-refractivity contribution in [1.82, 2.24) is 10.6 Å². The van der Waals surface area contributed by atoms with Gasteiger partial charge in [-0.1, -0.05) is 0 Å². The summed E-state index contributed by atoms with van der Waals surface area (Å²) in [5.41, 5.74) is 0.682. The van der Waals surface area contributed by atoms with E-state index in [4.69, 9.17) is 16.6 Å². The van der Waals surface area contributed by atoms with E-state index in [1.807, 2.05) is 0 Å². The highest BCUT2D eigenvalue weighted by Crippen LogP contribution is 2.25. The Hall–Kier alpha value is -2.93. The quantitative estimate of drug-likeness (QED) is 0.444. The van der Waals surface area contributed by atoms with Gasteiger partial charge in [-0.2, -0.15) is 0 Å². The molecule has 7 heteroatoms. The van der Waals surface area contributed by atoms with Gasteiger partial charge in [0.05, 0.1) is 0 Å². The molecule has 3 N–H and O–H groups in total. The van der Waals surface area contributed by atoms with Crippen LogP contribution in [0.3, 0.4) is 0 Å². The fourth-order valence-corrected chi connectivity index (χ4v) is 2.15. The third-order valence-electron chi connectivity index (χ3n) is 3.01. The fraction of sp³-hybridized carbons (Fsp3) is 0. The average Bonchev–Trinajstić information content (AvgIpc) is 2.92. The lowest BCUT2D eigenvalue weighted by atomic mass is 10.1. The molecule has 110 valence electrons. The van der Waals surface area contributed by atoms with Gasteiger partial charge in [-0.15, -0.1) is 0 Å². The second-order valence-corrected chi connectivity index (χ2v) is 4.95. The molecule has 0 atom stereocenters. The first-order valence-electron chi connectivity index (χ1n) is 6.30. The van der Waals surface area contributed by atoms with Crippen LogP contribution in [0.15, 0.2) is 46.4 Å². The second kappa shape index (κ2) is 5.45. The number of hydrogen-bond acceptors (Lipinski definition) is 5. The van der Waals surface area contributed by atoms with Crippen molar-refractivity contribution >= 4 is 35.2 Å². The van der Waals surface area contributed by atoms with E-state index in [-0.39, 0.29) is 16.4 Å². The van der Waals surface area contributed by atoms with Crippen molar-refractivity contribution in [3.63, 3.8) is 0 Å². The van der Waals surface area contributed by atoms with E-state index in [0.29, 0.717) is 11.5 Å². The molecule has 2 aromatic rings. The summed E-state index contributed by atoms with van der Waals surface area (Å²) >= 11 is 4.72. The normalized spacial score (nSPS) is 14.5. The maximum atomic E-state index is 11.7. The van der Waals surface area contributed by atoms with Crippen molar-refractivity contribution in [2.75, 3.05) is 0 Å². The van der Waals surface area contributed by atoms with Crippen molar-refractivity contribution in [1.29, 1.82) is 0 Å². The van der Waals surface area contributed by atoms with Gasteiger partial charge >= 0.3 is 0 Å². The third kappa shape index (κ3) is 2.75. The first kappa shape index (κ1) is 14.0. The van der Waals surface area contributed by atoms with E-state index < -0.39 is 11.8 Å². The highest BCUT2D eigenvalue weighted by atomic mass is 32.1. The van der Waals surface area contributed by atoms with Gasteiger partial charge in [0.2, 0.25) is 0 Å². The summed E-state index contributed by atoms with van der Waals surface area (Å²) in [4.78, 5) is 23.5. The molecule has 0 unspecified atom stereocenters. The number of phenolic OH excluding ortho intramolecular Hbond substituents is 1. The predicted octanol–water partition coefficient (Wildman–Crippen LogP) is 1.57. The van der Waals surface area contributed by atoms with Crippen LogP contribution in [-0.4, -0.2) is 22.0 Å². The third-order valence-corrected chi connectivity index (χ3v) is 3.21. The Labute approximate surface area is 130 Å². The van der Waals surface area contributed by atoms with Crippen LogP contribution in [0, 0.1) is 0 Å². The van der Waals surface area contributed by atoms with Gasteiger partial charge < -0.3 is 9.52 Å². The summed E-state index contributed by atoms with van der Waals surface area (Å²) in [7, 11) is 0. The maximum absolute atomic E-state index is 11.7. The molecule has 1 aliphatic rings. The van der Waals surface area contributed by atoms with Crippen molar-refractivity contribution in [2.45, 2.75) is 0 Å². The lowest BCUT2D eigenvalue weighted by Crippen LogP contribution is -2.51. The van der Waals surface area contributed by atoms with Crippen LogP contribution >= 0.6 is 12.2 Å². The van der Waals surface area contributed by atoms with Gasteiger partial charge in [-0.3, -0.25) is 20.2 Å². The zero-order valence-electron chi connectivity index (χ0n) is 11.1. The number of phenols is 1. The first-order valence-corrected chi connectivity index (χ1v) is 6.71. The minimum atomic E-state index is -0.573. The zero-order valence-corrected chi connectivity index (χ0v) is 11.9. The monoisotopic (exact) mass is 314 g/mol. The van der Waals surface area contributed by atoms with Crippen LogP contribution in [-0.2, 0) is 9.59 Å².